The van der Waals surface area contributed by atoms with Crippen LogP contribution in [0.15, 0.2) is 64.0 Å². The molecule has 4 rings (SSSR count). The quantitative estimate of drug-likeness (QED) is 0.494. The number of methoxy groups -OCH3 is 1. The molecular weight excluding hydrogens is 444 g/mol. The first-order chi connectivity index (χ1) is 16.0. The SMILES string of the molecule is COc1ccccc1N1CCN(C(=O)CCc2nc(CS(=O)(=O)c3ccccc3)no2)CC1. The maximum absolute atomic E-state index is 12.7. The van der Waals surface area contributed by atoms with Crippen LogP contribution in [0.1, 0.15) is 18.1 Å². The Hall–Kier alpha value is -3.40. The number of ether oxygens (including phenoxy) is 1. The van der Waals surface area contributed by atoms with Gasteiger partial charge in [0.2, 0.25) is 11.8 Å². The van der Waals surface area contributed by atoms with E-state index in [1.165, 1.54) is 12.1 Å². The molecule has 1 aliphatic heterocycles. The van der Waals surface area contributed by atoms with E-state index in [2.05, 4.69) is 15.0 Å². The molecule has 10 heteroatoms. The highest BCUT2D eigenvalue weighted by atomic mass is 32.2. The molecule has 0 aliphatic carbocycles. The van der Waals surface area contributed by atoms with Crippen LogP contribution in [0.5, 0.6) is 5.75 Å². The van der Waals surface area contributed by atoms with Crippen molar-refractivity contribution >= 4 is 21.4 Å². The summed E-state index contributed by atoms with van der Waals surface area (Å²) in [6, 6.07) is 16.0. The average molecular weight is 471 g/mol. The normalized spacial score (nSPS) is 14.3. The fourth-order valence-electron chi connectivity index (χ4n) is 3.79. The van der Waals surface area contributed by atoms with E-state index >= 15 is 0 Å². The lowest BCUT2D eigenvalue weighted by Gasteiger charge is -2.36. The average Bonchev–Trinajstić information content (AvgIpc) is 3.29. The zero-order valence-corrected chi connectivity index (χ0v) is 19.2. The molecule has 0 radical (unpaired) electrons. The standard InChI is InChI=1S/C23H26N4O5S/c1-31-20-10-6-5-9-19(20)26-13-15-27(16-14-26)23(28)12-11-22-24-21(25-32-22)17-33(29,30)18-7-3-2-4-8-18/h2-10H,11-17H2,1H3. The van der Waals surface area contributed by atoms with Crippen LogP contribution in [0.3, 0.4) is 0 Å². The van der Waals surface area contributed by atoms with Crippen LogP contribution >= 0.6 is 0 Å². The van der Waals surface area contributed by atoms with Crippen molar-refractivity contribution in [2.45, 2.75) is 23.5 Å². The van der Waals surface area contributed by atoms with Gasteiger partial charge in [0.25, 0.3) is 0 Å². The molecule has 2 aromatic carbocycles. The summed E-state index contributed by atoms with van der Waals surface area (Å²) in [5.41, 5.74) is 1.02. The Balaban J connectivity index is 1.27. The molecule has 1 aromatic heterocycles. The number of rotatable bonds is 8. The number of carbonyl (C=O) groups excluding carboxylic acids is 1. The fourth-order valence-corrected chi connectivity index (χ4v) is 4.99. The minimum Gasteiger partial charge on any atom is -0.495 e. The first-order valence-electron chi connectivity index (χ1n) is 10.7. The largest absolute Gasteiger partial charge is 0.495 e. The molecule has 2 heterocycles. The molecule has 0 saturated carbocycles. The predicted octanol–water partition coefficient (Wildman–Crippen LogP) is 2.33. The number of anilines is 1. The van der Waals surface area contributed by atoms with Crippen LogP contribution < -0.4 is 9.64 Å². The van der Waals surface area contributed by atoms with Crippen LogP contribution in [0.25, 0.3) is 0 Å². The molecule has 0 bridgehead atoms. The van der Waals surface area contributed by atoms with Crippen molar-refractivity contribution in [1.29, 1.82) is 0 Å². The van der Waals surface area contributed by atoms with Crippen LogP contribution in [0.4, 0.5) is 5.69 Å². The van der Waals surface area contributed by atoms with Crippen molar-refractivity contribution in [3.05, 3.63) is 66.3 Å². The van der Waals surface area contributed by atoms with E-state index in [1.54, 1.807) is 25.3 Å². The molecule has 1 aliphatic rings. The number of benzene rings is 2. The first-order valence-corrected chi connectivity index (χ1v) is 12.4. The minimum absolute atomic E-state index is 0.00586. The Morgan fingerprint density at radius 2 is 1.73 bits per heavy atom. The molecule has 174 valence electrons. The van der Waals surface area contributed by atoms with Gasteiger partial charge in [-0.15, -0.1) is 0 Å². The van der Waals surface area contributed by atoms with Gasteiger partial charge >= 0.3 is 0 Å². The van der Waals surface area contributed by atoms with Gasteiger partial charge in [-0.2, -0.15) is 4.98 Å². The van der Waals surface area contributed by atoms with E-state index in [4.69, 9.17) is 9.26 Å². The number of carbonyl (C=O) groups is 1. The van der Waals surface area contributed by atoms with Crippen LogP contribution in [-0.4, -0.2) is 62.7 Å². The lowest BCUT2D eigenvalue weighted by molar-refractivity contribution is -0.131. The molecule has 1 fully saturated rings. The van der Waals surface area contributed by atoms with Gasteiger partial charge in [-0.25, -0.2) is 8.42 Å². The molecular formula is C23H26N4O5S. The highest BCUT2D eigenvalue weighted by Gasteiger charge is 2.24. The highest BCUT2D eigenvalue weighted by Crippen LogP contribution is 2.28. The lowest BCUT2D eigenvalue weighted by Crippen LogP contribution is -2.48. The summed E-state index contributed by atoms with van der Waals surface area (Å²) in [4.78, 5) is 21.1. The number of hydrogen-bond acceptors (Lipinski definition) is 8. The summed E-state index contributed by atoms with van der Waals surface area (Å²) in [5, 5.41) is 3.77. The Kier molecular flexibility index (Phi) is 6.93. The predicted molar refractivity (Wildman–Crippen MR) is 122 cm³/mol. The third kappa shape index (κ3) is 5.51. The Morgan fingerprint density at radius 3 is 2.45 bits per heavy atom. The Morgan fingerprint density at radius 1 is 1.03 bits per heavy atom. The highest BCUT2D eigenvalue weighted by molar-refractivity contribution is 7.90. The van der Waals surface area contributed by atoms with Crippen LogP contribution in [-0.2, 0) is 26.8 Å². The van der Waals surface area contributed by atoms with E-state index in [0.29, 0.717) is 26.2 Å². The van der Waals surface area contributed by atoms with Gasteiger partial charge in [0.1, 0.15) is 11.5 Å². The summed E-state index contributed by atoms with van der Waals surface area (Å²) in [7, 11) is -1.90. The van der Waals surface area contributed by atoms with Crippen molar-refractivity contribution in [2.75, 3.05) is 38.2 Å². The minimum atomic E-state index is -3.56. The summed E-state index contributed by atoms with van der Waals surface area (Å²) in [6.07, 6.45) is 0.492. The van der Waals surface area contributed by atoms with E-state index in [9.17, 15) is 13.2 Å². The molecule has 33 heavy (non-hydrogen) atoms. The number of aryl methyl sites for hydroxylation is 1. The fraction of sp³-hybridized carbons (Fsp3) is 0.348. The second kappa shape index (κ2) is 10.0. The Labute approximate surface area is 192 Å². The molecule has 1 amide bonds. The third-order valence-corrected chi connectivity index (χ3v) is 7.17. The van der Waals surface area contributed by atoms with Gasteiger partial charge in [-0.05, 0) is 24.3 Å². The van der Waals surface area contributed by atoms with Crippen LogP contribution in [0, 0.1) is 0 Å². The van der Waals surface area contributed by atoms with E-state index in [0.717, 1.165) is 11.4 Å². The molecule has 0 spiro atoms. The molecule has 1 saturated heterocycles. The van der Waals surface area contributed by atoms with Gasteiger partial charge in [0.05, 0.1) is 17.7 Å². The van der Waals surface area contributed by atoms with Gasteiger partial charge in [0.15, 0.2) is 15.7 Å². The van der Waals surface area contributed by atoms with Gasteiger partial charge in [-0.3, -0.25) is 4.79 Å². The molecule has 0 unspecified atom stereocenters. The maximum atomic E-state index is 12.7. The molecule has 0 N–H and O–H groups in total. The third-order valence-electron chi connectivity index (χ3n) is 5.54. The van der Waals surface area contributed by atoms with Crippen LogP contribution in [0.2, 0.25) is 0 Å². The molecule has 9 nitrogen and oxygen atoms in total. The summed E-state index contributed by atoms with van der Waals surface area (Å²) < 4.78 is 35.5. The van der Waals surface area contributed by atoms with Crippen molar-refractivity contribution in [2.24, 2.45) is 0 Å². The zero-order valence-electron chi connectivity index (χ0n) is 18.4. The van der Waals surface area contributed by atoms with Crippen molar-refractivity contribution in [3.8, 4) is 5.75 Å². The van der Waals surface area contributed by atoms with E-state index < -0.39 is 9.84 Å². The monoisotopic (exact) mass is 470 g/mol. The Bertz CT molecular complexity index is 1190. The summed E-state index contributed by atoms with van der Waals surface area (Å²) in [5.74, 6) is 0.824. The number of sulfone groups is 1. The number of nitrogens with zero attached hydrogens (tertiary/aromatic N) is 4. The van der Waals surface area contributed by atoms with Crippen molar-refractivity contribution in [1.82, 2.24) is 15.0 Å². The molecule has 0 atom stereocenters. The topological polar surface area (TPSA) is 106 Å². The number of hydrogen-bond donors (Lipinski definition) is 0. The van der Waals surface area contributed by atoms with E-state index in [-0.39, 0.29) is 41.1 Å². The van der Waals surface area contributed by atoms with Gasteiger partial charge in [0, 0.05) is 39.0 Å². The second-order valence-electron chi connectivity index (χ2n) is 7.72. The van der Waals surface area contributed by atoms with Gasteiger partial charge in [-0.1, -0.05) is 35.5 Å². The smallest absolute Gasteiger partial charge is 0.227 e. The number of amides is 1. The number of piperazine rings is 1. The van der Waals surface area contributed by atoms with Gasteiger partial charge < -0.3 is 19.1 Å². The molecule has 3 aromatic rings. The summed E-state index contributed by atoms with van der Waals surface area (Å²) >= 11 is 0. The van der Waals surface area contributed by atoms with Crippen molar-refractivity contribution < 1.29 is 22.5 Å². The van der Waals surface area contributed by atoms with Crippen molar-refractivity contribution in [3.63, 3.8) is 0 Å². The maximum Gasteiger partial charge on any atom is 0.227 e. The zero-order chi connectivity index (χ0) is 23.3. The van der Waals surface area contributed by atoms with E-state index in [1.807, 2.05) is 29.2 Å². The first kappa shape index (κ1) is 22.8. The number of aromatic nitrogens is 2. The number of para-hydroxylation sites is 2. The summed E-state index contributed by atoms with van der Waals surface area (Å²) in [6.45, 7) is 2.66. The second-order valence-corrected chi connectivity index (χ2v) is 9.71. The lowest BCUT2D eigenvalue weighted by atomic mass is 10.2.